The van der Waals surface area contributed by atoms with Crippen LogP contribution in [-0.2, 0) is 12.8 Å². The maximum absolute atomic E-state index is 4.43. The van der Waals surface area contributed by atoms with Crippen molar-refractivity contribution in [3.8, 4) is 0 Å². The van der Waals surface area contributed by atoms with Gasteiger partial charge in [-0.1, -0.05) is 6.92 Å². The van der Waals surface area contributed by atoms with E-state index in [0.29, 0.717) is 0 Å². The smallest absolute Gasteiger partial charge is 0.202 e. The summed E-state index contributed by atoms with van der Waals surface area (Å²) in [4.78, 5) is 4.43. The summed E-state index contributed by atoms with van der Waals surface area (Å²) in [6.45, 7) is 5.12. The lowest BCUT2D eigenvalue weighted by Crippen LogP contribution is -2.03. The third kappa shape index (κ3) is 3.53. The van der Waals surface area contributed by atoms with Crippen LogP contribution < -0.4 is 5.32 Å². The van der Waals surface area contributed by atoms with E-state index in [2.05, 4.69) is 38.7 Å². The van der Waals surface area contributed by atoms with Crippen molar-refractivity contribution in [2.45, 2.75) is 39.5 Å². The van der Waals surface area contributed by atoms with Crippen molar-refractivity contribution in [1.82, 2.24) is 19.6 Å². The number of hydrogen-bond acceptors (Lipinski definition) is 5. The van der Waals surface area contributed by atoms with Crippen molar-refractivity contribution in [3.63, 3.8) is 0 Å². The van der Waals surface area contributed by atoms with Crippen molar-refractivity contribution in [2.24, 2.45) is 0 Å². The van der Waals surface area contributed by atoms with Crippen molar-refractivity contribution >= 4 is 16.7 Å². The fraction of sp³-hybridized carbons (Fsp3) is 0.583. The van der Waals surface area contributed by atoms with Crippen LogP contribution >= 0.6 is 11.5 Å². The molecule has 0 radical (unpaired) electrons. The number of anilines is 1. The van der Waals surface area contributed by atoms with Gasteiger partial charge in [0.1, 0.15) is 5.82 Å². The SMILES string of the molecule is CCCc1nsc(NCCCc2cn[nH]c2C)n1. The molecule has 0 aliphatic rings. The van der Waals surface area contributed by atoms with E-state index < -0.39 is 0 Å². The third-order valence-corrected chi connectivity index (χ3v) is 3.49. The summed E-state index contributed by atoms with van der Waals surface area (Å²) in [6.07, 6.45) is 6.07. The van der Waals surface area contributed by atoms with Gasteiger partial charge in [-0.15, -0.1) is 0 Å². The maximum Gasteiger partial charge on any atom is 0.202 e. The lowest BCUT2D eigenvalue weighted by molar-refractivity contribution is 0.844. The molecule has 98 valence electrons. The quantitative estimate of drug-likeness (QED) is 0.755. The highest BCUT2D eigenvalue weighted by atomic mass is 32.1. The third-order valence-electron chi connectivity index (χ3n) is 2.78. The van der Waals surface area contributed by atoms with E-state index in [0.717, 1.165) is 48.9 Å². The molecule has 0 bridgehead atoms. The Kier molecular flexibility index (Phi) is 4.69. The van der Waals surface area contributed by atoms with E-state index in [1.165, 1.54) is 17.1 Å². The maximum atomic E-state index is 4.43. The highest BCUT2D eigenvalue weighted by Gasteiger charge is 2.03. The first-order chi connectivity index (χ1) is 8.79. The average molecular weight is 265 g/mol. The van der Waals surface area contributed by atoms with Crippen LogP contribution in [0.2, 0.25) is 0 Å². The number of aromatic nitrogens is 4. The van der Waals surface area contributed by atoms with Gasteiger partial charge in [-0.2, -0.15) is 9.47 Å². The second kappa shape index (κ2) is 6.49. The van der Waals surface area contributed by atoms with Crippen LogP contribution in [0, 0.1) is 6.92 Å². The van der Waals surface area contributed by atoms with E-state index in [1.54, 1.807) is 0 Å². The Hall–Kier alpha value is -1.43. The zero-order chi connectivity index (χ0) is 12.8. The molecule has 0 saturated heterocycles. The summed E-state index contributed by atoms with van der Waals surface area (Å²) >= 11 is 1.45. The number of rotatable bonds is 7. The second-order valence-corrected chi connectivity index (χ2v) is 5.07. The van der Waals surface area contributed by atoms with Gasteiger partial charge < -0.3 is 5.32 Å². The van der Waals surface area contributed by atoms with E-state index >= 15 is 0 Å². The molecule has 0 saturated carbocycles. The summed E-state index contributed by atoms with van der Waals surface area (Å²) in [5.41, 5.74) is 2.46. The lowest BCUT2D eigenvalue weighted by Gasteiger charge is -2.01. The van der Waals surface area contributed by atoms with E-state index in [1.807, 2.05) is 6.20 Å². The van der Waals surface area contributed by atoms with Crippen molar-refractivity contribution in [1.29, 1.82) is 0 Å². The zero-order valence-electron chi connectivity index (χ0n) is 10.9. The van der Waals surface area contributed by atoms with Crippen LogP contribution in [0.4, 0.5) is 5.13 Å². The molecular formula is C12H19N5S. The van der Waals surface area contributed by atoms with Crippen LogP contribution in [0.5, 0.6) is 0 Å². The van der Waals surface area contributed by atoms with E-state index in [9.17, 15) is 0 Å². The van der Waals surface area contributed by atoms with Crippen LogP contribution in [0.3, 0.4) is 0 Å². The minimum Gasteiger partial charge on any atom is -0.360 e. The Morgan fingerprint density at radius 2 is 2.28 bits per heavy atom. The molecule has 0 aliphatic carbocycles. The van der Waals surface area contributed by atoms with Gasteiger partial charge in [-0.25, -0.2) is 4.98 Å². The summed E-state index contributed by atoms with van der Waals surface area (Å²) in [5.74, 6) is 0.954. The van der Waals surface area contributed by atoms with Crippen LogP contribution in [0.15, 0.2) is 6.20 Å². The number of nitrogens with one attached hydrogen (secondary N) is 2. The van der Waals surface area contributed by atoms with Gasteiger partial charge >= 0.3 is 0 Å². The first-order valence-corrected chi connectivity index (χ1v) is 7.12. The summed E-state index contributed by atoms with van der Waals surface area (Å²) in [5, 5.41) is 11.2. The largest absolute Gasteiger partial charge is 0.360 e. The van der Waals surface area contributed by atoms with Gasteiger partial charge in [-0.3, -0.25) is 5.10 Å². The number of hydrogen-bond donors (Lipinski definition) is 2. The van der Waals surface area contributed by atoms with E-state index in [-0.39, 0.29) is 0 Å². The van der Waals surface area contributed by atoms with Crippen LogP contribution in [-0.4, -0.2) is 26.1 Å². The second-order valence-electron chi connectivity index (χ2n) is 4.32. The molecule has 0 unspecified atom stereocenters. The normalized spacial score (nSPS) is 10.8. The van der Waals surface area contributed by atoms with Gasteiger partial charge in [0.2, 0.25) is 5.13 Å². The van der Waals surface area contributed by atoms with E-state index in [4.69, 9.17) is 0 Å². The standard InChI is InChI=1S/C12H19N5S/c1-3-5-11-15-12(18-17-11)13-7-4-6-10-8-14-16-9(10)2/h8H,3-7H2,1-2H3,(H,14,16)(H,13,15,17). The molecule has 2 aromatic heterocycles. The summed E-state index contributed by atoms with van der Waals surface area (Å²) in [7, 11) is 0. The molecule has 2 aromatic rings. The van der Waals surface area contributed by atoms with Crippen LogP contribution in [0.25, 0.3) is 0 Å². The Balaban J connectivity index is 1.70. The fourth-order valence-corrected chi connectivity index (χ4v) is 2.39. The summed E-state index contributed by atoms with van der Waals surface area (Å²) in [6, 6.07) is 0. The van der Waals surface area contributed by atoms with Gasteiger partial charge in [-0.05, 0) is 31.7 Å². The Bertz CT molecular complexity index is 476. The zero-order valence-corrected chi connectivity index (χ0v) is 11.7. The van der Waals surface area contributed by atoms with Gasteiger partial charge in [0, 0.05) is 30.2 Å². The predicted molar refractivity (Wildman–Crippen MR) is 74.0 cm³/mol. The first-order valence-electron chi connectivity index (χ1n) is 6.35. The first kappa shape index (κ1) is 13.0. The molecule has 2 heterocycles. The molecule has 2 N–H and O–H groups in total. The van der Waals surface area contributed by atoms with Crippen molar-refractivity contribution in [3.05, 3.63) is 23.3 Å². The molecule has 0 fully saturated rings. The monoisotopic (exact) mass is 265 g/mol. The molecule has 18 heavy (non-hydrogen) atoms. The molecule has 0 aliphatic heterocycles. The minimum atomic E-state index is 0.922. The molecule has 0 spiro atoms. The topological polar surface area (TPSA) is 66.5 Å². The van der Waals surface area contributed by atoms with Crippen molar-refractivity contribution < 1.29 is 0 Å². The Morgan fingerprint density at radius 3 is 3.00 bits per heavy atom. The Labute approximate surface area is 111 Å². The lowest BCUT2D eigenvalue weighted by atomic mass is 10.1. The molecule has 0 aromatic carbocycles. The fourth-order valence-electron chi connectivity index (χ4n) is 1.75. The van der Waals surface area contributed by atoms with Crippen molar-refractivity contribution in [2.75, 3.05) is 11.9 Å². The molecule has 5 nitrogen and oxygen atoms in total. The highest BCUT2D eigenvalue weighted by Crippen LogP contribution is 2.12. The van der Waals surface area contributed by atoms with Gasteiger partial charge in [0.05, 0.1) is 6.20 Å². The highest BCUT2D eigenvalue weighted by molar-refractivity contribution is 7.09. The number of aromatic amines is 1. The van der Waals surface area contributed by atoms with Gasteiger partial charge in [0.25, 0.3) is 0 Å². The average Bonchev–Trinajstić information content (AvgIpc) is 2.95. The number of nitrogens with zero attached hydrogens (tertiary/aromatic N) is 3. The molecular weight excluding hydrogens is 246 g/mol. The number of H-pyrrole nitrogens is 1. The molecule has 0 amide bonds. The molecule has 6 heteroatoms. The predicted octanol–water partition coefficient (Wildman–Crippen LogP) is 2.57. The summed E-state index contributed by atoms with van der Waals surface area (Å²) < 4.78 is 4.30. The molecule has 0 atom stereocenters. The number of aryl methyl sites for hydroxylation is 3. The van der Waals surface area contributed by atoms with Gasteiger partial charge in [0.15, 0.2) is 0 Å². The minimum absolute atomic E-state index is 0.922. The Morgan fingerprint density at radius 1 is 1.39 bits per heavy atom. The van der Waals surface area contributed by atoms with Crippen LogP contribution in [0.1, 0.15) is 36.8 Å². The molecule has 2 rings (SSSR count).